The lowest BCUT2D eigenvalue weighted by atomic mass is 9.98. The number of alkyl carbamates (subject to hydrolysis) is 1. The molecule has 122 valence electrons. The molecule has 0 bridgehead atoms. The van der Waals surface area contributed by atoms with E-state index in [1.165, 1.54) is 0 Å². The molecule has 0 unspecified atom stereocenters. The molecule has 1 N–H and O–H groups in total. The van der Waals surface area contributed by atoms with Gasteiger partial charge in [-0.15, -0.1) is 0 Å². The molecule has 5 heteroatoms. The quantitative estimate of drug-likeness (QED) is 0.820. The van der Waals surface area contributed by atoms with Gasteiger partial charge in [-0.2, -0.15) is 0 Å². The van der Waals surface area contributed by atoms with Gasteiger partial charge in [0.25, 0.3) is 0 Å². The van der Waals surface area contributed by atoms with E-state index in [-0.39, 0.29) is 24.0 Å². The van der Waals surface area contributed by atoms with Crippen molar-refractivity contribution in [2.45, 2.75) is 59.4 Å². The van der Waals surface area contributed by atoms with E-state index in [0.717, 1.165) is 38.8 Å². The number of rotatable bonds is 6. The van der Waals surface area contributed by atoms with Crippen LogP contribution in [0.25, 0.3) is 0 Å². The summed E-state index contributed by atoms with van der Waals surface area (Å²) >= 11 is 0. The van der Waals surface area contributed by atoms with Crippen LogP contribution in [0.1, 0.15) is 53.4 Å². The van der Waals surface area contributed by atoms with Crippen LogP contribution in [0.5, 0.6) is 0 Å². The fraction of sp³-hybridized carbons (Fsp3) is 0.875. The van der Waals surface area contributed by atoms with Crippen LogP contribution in [0.15, 0.2) is 0 Å². The minimum atomic E-state index is -0.339. The predicted molar refractivity (Wildman–Crippen MR) is 83.0 cm³/mol. The van der Waals surface area contributed by atoms with Crippen LogP contribution in [-0.2, 0) is 9.53 Å². The van der Waals surface area contributed by atoms with Gasteiger partial charge in [-0.1, -0.05) is 27.7 Å². The van der Waals surface area contributed by atoms with E-state index in [2.05, 4.69) is 19.2 Å². The molecule has 0 spiro atoms. The first-order chi connectivity index (χ1) is 9.97. The van der Waals surface area contributed by atoms with E-state index in [0.29, 0.717) is 12.5 Å². The number of carbonyl (C=O) groups excluding carboxylic acids is 2. The number of carbonyl (C=O) groups is 2. The first kappa shape index (κ1) is 17.8. The number of likely N-dealkylation sites (tertiary alicyclic amines) is 1. The van der Waals surface area contributed by atoms with Crippen LogP contribution < -0.4 is 5.32 Å². The Balaban J connectivity index is 2.32. The Labute approximate surface area is 128 Å². The Morgan fingerprint density at radius 1 is 1.19 bits per heavy atom. The zero-order valence-corrected chi connectivity index (χ0v) is 13.9. The van der Waals surface area contributed by atoms with Gasteiger partial charge in [-0.25, -0.2) is 4.79 Å². The zero-order valence-electron chi connectivity index (χ0n) is 13.9. The normalized spacial score (nSPS) is 16.4. The number of ether oxygens (including phenoxy) is 1. The molecule has 2 amide bonds. The second kappa shape index (κ2) is 8.90. The number of hydrogen-bond donors (Lipinski definition) is 1. The first-order valence-electron chi connectivity index (χ1n) is 8.19. The largest absolute Gasteiger partial charge is 0.449 e. The molecule has 1 aliphatic heterocycles. The molecule has 0 aromatic carbocycles. The van der Waals surface area contributed by atoms with E-state index in [9.17, 15) is 9.59 Å². The highest BCUT2D eigenvalue weighted by Gasteiger charge is 2.27. The molecule has 1 rings (SSSR count). The van der Waals surface area contributed by atoms with Crippen LogP contribution in [0.2, 0.25) is 0 Å². The third-order valence-corrected chi connectivity index (χ3v) is 4.01. The fourth-order valence-corrected chi connectivity index (χ4v) is 2.59. The molecular formula is C16H30N2O3. The smallest absolute Gasteiger partial charge is 0.407 e. The minimum Gasteiger partial charge on any atom is -0.449 e. The van der Waals surface area contributed by atoms with E-state index >= 15 is 0 Å². The van der Waals surface area contributed by atoms with E-state index in [1.807, 2.05) is 18.7 Å². The Morgan fingerprint density at radius 3 is 2.24 bits per heavy atom. The van der Waals surface area contributed by atoms with Crippen molar-refractivity contribution in [3.8, 4) is 0 Å². The maximum atomic E-state index is 12.3. The van der Waals surface area contributed by atoms with Crippen molar-refractivity contribution in [2.24, 2.45) is 11.8 Å². The van der Waals surface area contributed by atoms with Gasteiger partial charge in [0.1, 0.15) is 0 Å². The molecule has 0 atom stereocenters. The van der Waals surface area contributed by atoms with E-state index in [4.69, 9.17) is 4.74 Å². The van der Waals surface area contributed by atoms with Crippen molar-refractivity contribution >= 4 is 12.0 Å². The maximum Gasteiger partial charge on any atom is 0.407 e. The van der Waals surface area contributed by atoms with Gasteiger partial charge in [0, 0.05) is 25.0 Å². The summed E-state index contributed by atoms with van der Waals surface area (Å²) in [7, 11) is 0. The molecule has 21 heavy (non-hydrogen) atoms. The highest BCUT2D eigenvalue weighted by molar-refractivity contribution is 5.78. The third kappa shape index (κ3) is 5.94. The molecule has 1 heterocycles. The Bertz CT molecular complexity index is 332. The molecule has 0 aromatic rings. The molecule has 0 saturated carbocycles. The Hall–Kier alpha value is -1.26. The lowest BCUT2D eigenvalue weighted by molar-refractivity contribution is -0.136. The summed E-state index contributed by atoms with van der Waals surface area (Å²) in [5.41, 5.74) is 0. The summed E-state index contributed by atoms with van der Waals surface area (Å²) in [6, 6.07) is 0.121. The van der Waals surface area contributed by atoms with Crippen molar-refractivity contribution in [3.05, 3.63) is 0 Å². The summed E-state index contributed by atoms with van der Waals surface area (Å²) in [6.07, 6.45) is 3.07. The van der Waals surface area contributed by atoms with Crippen molar-refractivity contribution in [3.63, 3.8) is 0 Å². The fourth-order valence-electron chi connectivity index (χ4n) is 2.59. The van der Waals surface area contributed by atoms with Crippen LogP contribution in [0.4, 0.5) is 4.79 Å². The van der Waals surface area contributed by atoms with Gasteiger partial charge in [-0.05, 0) is 31.6 Å². The summed E-state index contributed by atoms with van der Waals surface area (Å²) in [5, 5.41) is 2.89. The second-order valence-electron chi connectivity index (χ2n) is 6.25. The van der Waals surface area contributed by atoms with Crippen molar-refractivity contribution in [2.75, 3.05) is 19.7 Å². The van der Waals surface area contributed by atoms with Crippen LogP contribution >= 0.6 is 0 Å². The number of nitrogens with one attached hydrogen (secondary N) is 1. The summed E-state index contributed by atoms with van der Waals surface area (Å²) < 4.78 is 5.12. The van der Waals surface area contributed by atoms with Crippen molar-refractivity contribution < 1.29 is 14.3 Å². The van der Waals surface area contributed by atoms with Crippen LogP contribution in [-0.4, -0.2) is 42.6 Å². The number of piperidine rings is 1. The standard InChI is InChI=1S/C16H30N2O3/c1-5-13(6-2)15(19)18-9-7-14(8-10-18)17-16(20)21-11-12(3)4/h12-14H,5-11H2,1-4H3,(H,17,20). The lowest BCUT2D eigenvalue weighted by Gasteiger charge is -2.34. The second-order valence-corrected chi connectivity index (χ2v) is 6.25. The van der Waals surface area contributed by atoms with Crippen LogP contribution in [0, 0.1) is 11.8 Å². The molecule has 1 saturated heterocycles. The summed E-state index contributed by atoms with van der Waals surface area (Å²) in [4.78, 5) is 25.8. The molecule has 5 nitrogen and oxygen atoms in total. The monoisotopic (exact) mass is 298 g/mol. The van der Waals surface area contributed by atoms with Crippen molar-refractivity contribution in [1.82, 2.24) is 10.2 Å². The number of amides is 2. The van der Waals surface area contributed by atoms with E-state index in [1.54, 1.807) is 0 Å². The summed E-state index contributed by atoms with van der Waals surface area (Å²) in [5.74, 6) is 0.751. The Kier molecular flexibility index (Phi) is 7.54. The SMILES string of the molecule is CCC(CC)C(=O)N1CCC(NC(=O)OCC(C)C)CC1. The molecule has 1 fully saturated rings. The maximum absolute atomic E-state index is 12.3. The van der Waals surface area contributed by atoms with Gasteiger partial charge in [0.15, 0.2) is 0 Å². The van der Waals surface area contributed by atoms with Gasteiger partial charge >= 0.3 is 6.09 Å². The molecule has 0 aliphatic carbocycles. The van der Waals surface area contributed by atoms with Crippen molar-refractivity contribution in [1.29, 1.82) is 0 Å². The lowest BCUT2D eigenvalue weighted by Crippen LogP contribution is -2.48. The molecule has 1 aliphatic rings. The highest BCUT2D eigenvalue weighted by atomic mass is 16.5. The van der Waals surface area contributed by atoms with Gasteiger partial charge in [0.2, 0.25) is 5.91 Å². The average Bonchev–Trinajstić information content (AvgIpc) is 2.47. The van der Waals surface area contributed by atoms with Gasteiger partial charge in [-0.3, -0.25) is 4.79 Å². The predicted octanol–water partition coefficient (Wildman–Crippen LogP) is 2.80. The molecule has 0 aromatic heterocycles. The average molecular weight is 298 g/mol. The van der Waals surface area contributed by atoms with Crippen LogP contribution in [0.3, 0.4) is 0 Å². The zero-order chi connectivity index (χ0) is 15.8. The Morgan fingerprint density at radius 2 is 1.76 bits per heavy atom. The van der Waals surface area contributed by atoms with E-state index < -0.39 is 0 Å². The highest BCUT2D eigenvalue weighted by Crippen LogP contribution is 2.17. The number of nitrogens with zero attached hydrogens (tertiary/aromatic N) is 1. The minimum absolute atomic E-state index is 0.121. The van der Waals surface area contributed by atoms with Gasteiger partial charge < -0.3 is 15.0 Å². The number of hydrogen-bond acceptors (Lipinski definition) is 3. The topological polar surface area (TPSA) is 58.6 Å². The summed E-state index contributed by atoms with van der Waals surface area (Å²) in [6.45, 7) is 10.0. The molecule has 0 radical (unpaired) electrons. The molecular weight excluding hydrogens is 268 g/mol. The third-order valence-electron chi connectivity index (χ3n) is 4.01. The first-order valence-corrected chi connectivity index (χ1v) is 8.19. The van der Waals surface area contributed by atoms with Gasteiger partial charge in [0.05, 0.1) is 6.61 Å².